The first-order chi connectivity index (χ1) is 17.5. The number of unbranched alkanes of at least 4 members (excludes halogenated alkanes) is 1. The fraction of sp³-hybridized carbons (Fsp3) is 0.286. The Balaban J connectivity index is 1.45. The first kappa shape index (κ1) is 24.1. The molecule has 0 atom stereocenters. The van der Waals surface area contributed by atoms with Crippen LogP contribution in [0.4, 0.5) is 0 Å². The van der Waals surface area contributed by atoms with Crippen LogP contribution in [0.3, 0.4) is 0 Å². The number of aryl methyl sites for hydroxylation is 1. The van der Waals surface area contributed by atoms with Crippen molar-refractivity contribution in [1.82, 2.24) is 9.58 Å². The van der Waals surface area contributed by atoms with Crippen molar-refractivity contribution in [2.75, 3.05) is 6.61 Å². The van der Waals surface area contributed by atoms with E-state index in [1.165, 1.54) is 16.8 Å². The highest BCUT2D eigenvalue weighted by molar-refractivity contribution is 8.26. The molecule has 0 radical (unpaired) electrons. The zero-order valence-electron chi connectivity index (χ0n) is 20.7. The van der Waals surface area contributed by atoms with Crippen LogP contribution in [-0.2, 0) is 11.3 Å². The van der Waals surface area contributed by atoms with E-state index in [1.807, 2.05) is 56.3 Å². The van der Waals surface area contributed by atoms with Gasteiger partial charge in [-0.3, -0.25) is 10.2 Å². The van der Waals surface area contributed by atoms with Gasteiger partial charge in [-0.2, -0.15) is 15.1 Å². The number of hydrogen-bond donors (Lipinski definition) is 1. The molecule has 0 aliphatic carbocycles. The quantitative estimate of drug-likeness (QED) is 0.377. The minimum Gasteiger partial charge on any atom is -0.491 e. The Kier molecular flexibility index (Phi) is 6.78. The maximum absolute atomic E-state index is 13.0. The molecule has 1 amide bonds. The molecule has 1 N–H and O–H groups in total. The summed E-state index contributed by atoms with van der Waals surface area (Å²) in [5.41, 5.74) is 4.34. The lowest BCUT2D eigenvalue weighted by atomic mass is 10.1. The van der Waals surface area contributed by atoms with Gasteiger partial charge in [0.2, 0.25) is 5.17 Å². The molecule has 0 fully saturated rings. The zero-order chi connectivity index (χ0) is 25.2. The highest BCUT2D eigenvalue weighted by Crippen LogP contribution is 2.33. The van der Waals surface area contributed by atoms with E-state index in [0.717, 1.165) is 57.8 Å². The van der Waals surface area contributed by atoms with Gasteiger partial charge in [-0.25, -0.2) is 0 Å². The summed E-state index contributed by atoms with van der Waals surface area (Å²) in [6.45, 7) is 7.38. The molecule has 0 saturated carbocycles. The number of nitrogens with one attached hydrogen (secondary N) is 1. The van der Waals surface area contributed by atoms with Crippen molar-refractivity contribution in [3.05, 3.63) is 70.9 Å². The van der Waals surface area contributed by atoms with Crippen molar-refractivity contribution >= 4 is 50.7 Å². The average Bonchev–Trinajstić information content (AvgIpc) is 3.40. The van der Waals surface area contributed by atoms with Crippen LogP contribution in [0.2, 0.25) is 0 Å². The number of carbonyl (C=O) groups excluding carboxylic acids is 1. The van der Waals surface area contributed by atoms with E-state index in [9.17, 15) is 4.79 Å². The van der Waals surface area contributed by atoms with Gasteiger partial charge < -0.3 is 9.30 Å². The Morgan fingerprint density at radius 2 is 1.89 bits per heavy atom. The number of aliphatic imine (C=N–C) groups is 1. The molecular weight excluding hydrogens is 470 g/mol. The third-order valence-corrected chi connectivity index (χ3v) is 7.44. The van der Waals surface area contributed by atoms with Gasteiger partial charge in [-0.15, -0.1) is 0 Å². The third-order valence-electron chi connectivity index (χ3n) is 6.47. The molecule has 7 nitrogen and oxygen atoms in total. The third kappa shape index (κ3) is 4.48. The fourth-order valence-electron chi connectivity index (χ4n) is 4.50. The smallest absolute Gasteiger partial charge is 0.283 e. The second-order valence-corrected chi connectivity index (χ2v) is 9.94. The van der Waals surface area contributed by atoms with E-state index in [0.29, 0.717) is 18.3 Å². The summed E-state index contributed by atoms with van der Waals surface area (Å²) in [6.07, 6.45) is 4.70. The van der Waals surface area contributed by atoms with Gasteiger partial charge in [0, 0.05) is 22.2 Å². The van der Waals surface area contributed by atoms with Crippen LogP contribution in [0, 0.1) is 19.3 Å². The molecule has 2 aliphatic rings. The largest absolute Gasteiger partial charge is 0.491 e. The molecule has 3 heterocycles. The molecule has 184 valence electrons. The van der Waals surface area contributed by atoms with E-state index in [2.05, 4.69) is 27.7 Å². The molecule has 0 unspecified atom stereocenters. The highest BCUT2D eigenvalue weighted by Gasteiger charge is 2.35. The first-order valence-electron chi connectivity index (χ1n) is 12.2. The Morgan fingerprint density at radius 3 is 2.69 bits per heavy atom. The monoisotopic (exact) mass is 499 g/mol. The summed E-state index contributed by atoms with van der Waals surface area (Å²) in [7, 11) is 0. The predicted molar refractivity (Wildman–Crippen MR) is 148 cm³/mol. The van der Waals surface area contributed by atoms with E-state index in [-0.39, 0.29) is 11.4 Å². The van der Waals surface area contributed by atoms with Crippen molar-refractivity contribution in [3.63, 3.8) is 0 Å². The maximum atomic E-state index is 13.0. The van der Waals surface area contributed by atoms with Crippen LogP contribution in [-0.4, -0.2) is 38.1 Å². The van der Waals surface area contributed by atoms with Crippen LogP contribution in [0.25, 0.3) is 17.0 Å². The van der Waals surface area contributed by atoms with Crippen molar-refractivity contribution in [2.24, 2.45) is 10.1 Å². The number of hydrogen-bond acceptors (Lipinski definition) is 5. The summed E-state index contributed by atoms with van der Waals surface area (Å²) < 4.78 is 8.26. The van der Waals surface area contributed by atoms with Crippen LogP contribution < -0.4 is 4.74 Å². The van der Waals surface area contributed by atoms with Gasteiger partial charge in [0.15, 0.2) is 5.84 Å². The second kappa shape index (κ2) is 10.1. The standard InChI is InChI=1S/C28H29N5O2S/c1-4-5-14-25-31-33-26(29)22(27(34)30-28(33)36-25)17-21-19(3)32(23-12-8-7-11-20(21)23)15-16-35-24-13-9-6-10-18(24)2/h6-13,17,29H,4-5,14-16H2,1-3H3/b22-17+,29-26?. The van der Waals surface area contributed by atoms with Crippen molar-refractivity contribution in [1.29, 1.82) is 5.41 Å². The van der Waals surface area contributed by atoms with Gasteiger partial charge in [-0.1, -0.05) is 49.7 Å². The molecule has 0 saturated heterocycles. The minimum absolute atomic E-state index is 0.0723. The number of rotatable bonds is 8. The van der Waals surface area contributed by atoms with Crippen molar-refractivity contribution < 1.29 is 9.53 Å². The summed E-state index contributed by atoms with van der Waals surface area (Å²) in [5.74, 6) is 0.555. The lowest BCUT2D eigenvalue weighted by Crippen LogP contribution is -2.35. The van der Waals surface area contributed by atoms with Gasteiger partial charge >= 0.3 is 0 Å². The molecule has 8 heteroatoms. The number of benzene rings is 2. The molecule has 0 bridgehead atoms. The number of fused-ring (bicyclic) bond motifs is 2. The second-order valence-electron chi connectivity index (χ2n) is 8.90. The lowest BCUT2D eigenvalue weighted by Gasteiger charge is -2.20. The number of amidine groups is 2. The van der Waals surface area contributed by atoms with Gasteiger partial charge in [0.25, 0.3) is 5.91 Å². The van der Waals surface area contributed by atoms with Crippen LogP contribution in [0.15, 0.2) is 64.2 Å². The summed E-state index contributed by atoms with van der Waals surface area (Å²) in [5, 5.41) is 17.2. The van der Waals surface area contributed by atoms with Gasteiger partial charge in [0.05, 0.1) is 12.1 Å². The number of ether oxygens (including phenoxy) is 1. The summed E-state index contributed by atoms with van der Waals surface area (Å²) in [4.78, 5) is 17.2. The number of amides is 1. The molecule has 0 spiro atoms. The highest BCUT2D eigenvalue weighted by atomic mass is 32.2. The Hall–Kier alpha value is -3.65. The Bertz CT molecular complexity index is 1450. The molecule has 36 heavy (non-hydrogen) atoms. The Labute approximate surface area is 215 Å². The number of para-hydroxylation sites is 2. The number of thioether (sulfide) groups is 1. The van der Waals surface area contributed by atoms with E-state index >= 15 is 0 Å². The van der Waals surface area contributed by atoms with E-state index < -0.39 is 5.91 Å². The number of carbonyl (C=O) groups is 1. The molecular formula is C28H29N5O2S. The summed E-state index contributed by atoms with van der Waals surface area (Å²) in [6, 6.07) is 16.1. The Morgan fingerprint density at radius 1 is 1.11 bits per heavy atom. The van der Waals surface area contributed by atoms with Crippen molar-refractivity contribution in [2.45, 2.75) is 46.6 Å². The van der Waals surface area contributed by atoms with Crippen molar-refractivity contribution in [3.8, 4) is 5.75 Å². The molecule has 3 aromatic rings. The topological polar surface area (TPSA) is 83.0 Å². The average molecular weight is 500 g/mol. The molecule has 5 rings (SSSR count). The maximum Gasteiger partial charge on any atom is 0.283 e. The van der Waals surface area contributed by atoms with Crippen LogP contribution in [0.5, 0.6) is 5.75 Å². The zero-order valence-corrected chi connectivity index (χ0v) is 21.6. The van der Waals surface area contributed by atoms with Gasteiger partial charge in [-0.05, 0) is 62.2 Å². The number of aromatic nitrogens is 1. The normalized spacial score (nSPS) is 16.5. The molecule has 2 aliphatic heterocycles. The SMILES string of the molecule is CCCCC1=NN2C(=N)/C(=C\c3c(C)n(CCOc4ccccc4C)c4ccccc34)C(=O)N=C2S1. The van der Waals surface area contributed by atoms with Gasteiger partial charge in [0.1, 0.15) is 17.4 Å². The van der Waals surface area contributed by atoms with Crippen LogP contribution in [0.1, 0.15) is 43.0 Å². The summed E-state index contributed by atoms with van der Waals surface area (Å²) >= 11 is 1.39. The fourth-order valence-corrected chi connectivity index (χ4v) is 5.43. The van der Waals surface area contributed by atoms with E-state index in [1.54, 1.807) is 6.08 Å². The predicted octanol–water partition coefficient (Wildman–Crippen LogP) is 6.15. The minimum atomic E-state index is -0.398. The molecule has 2 aromatic carbocycles. The molecule has 1 aromatic heterocycles. The lowest BCUT2D eigenvalue weighted by molar-refractivity contribution is -0.114. The van der Waals surface area contributed by atoms with E-state index in [4.69, 9.17) is 10.1 Å². The number of nitrogens with zero attached hydrogens (tertiary/aromatic N) is 4. The number of hydrazone groups is 1. The first-order valence-corrected chi connectivity index (χ1v) is 13.0. The van der Waals surface area contributed by atoms with Crippen LogP contribution >= 0.6 is 11.8 Å².